The molecule has 0 N–H and O–H groups in total. The van der Waals surface area contributed by atoms with Crippen molar-refractivity contribution in [2.45, 2.75) is 19.3 Å². The van der Waals surface area contributed by atoms with Gasteiger partial charge in [-0.1, -0.05) is 159 Å². The number of hydrogen-bond acceptors (Lipinski definition) is 1. The summed E-state index contributed by atoms with van der Waals surface area (Å²) in [5.41, 5.74) is 17.2. The van der Waals surface area contributed by atoms with E-state index in [0.29, 0.717) is 0 Å². The summed E-state index contributed by atoms with van der Waals surface area (Å²) in [7, 11) is 0. The Bertz CT molecular complexity index is 3070. The summed E-state index contributed by atoms with van der Waals surface area (Å²) in [4.78, 5) is 2.40. The Morgan fingerprint density at radius 1 is 0.368 bits per heavy atom. The average molecular weight is 729 g/mol. The van der Waals surface area contributed by atoms with Gasteiger partial charge in [0.05, 0.1) is 11.0 Å². The van der Waals surface area contributed by atoms with Crippen LogP contribution in [0.4, 0.5) is 17.1 Å². The van der Waals surface area contributed by atoms with Crippen LogP contribution in [0.25, 0.3) is 71.6 Å². The molecule has 0 bridgehead atoms. The lowest BCUT2D eigenvalue weighted by atomic mass is 9.82. The Kier molecular flexibility index (Phi) is 7.55. The molecule has 1 aliphatic carbocycles. The molecule has 0 radical (unpaired) electrons. The van der Waals surface area contributed by atoms with Crippen LogP contribution in [0.3, 0.4) is 0 Å². The minimum atomic E-state index is -0.0475. The highest BCUT2D eigenvalue weighted by Gasteiger charge is 2.35. The van der Waals surface area contributed by atoms with Crippen LogP contribution in [0.1, 0.15) is 25.0 Å². The van der Waals surface area contributed by atoms with E-state index in [1.54, 1.807) is 0 Å². The Hall–Kier alpha value is -7.16. The molecule has 0 saturated carbocycles. The lowest BCUT2D eigenvalue weighted by Crippen LogP contribution is -2.15. The van der Waals surface area contributed by atoms with Gasteiger partial charge in [-0.15, -0.1) is 0 Å². The largest absolute Gasteiger partial charge is 0.310 e. The molecule has 1 aromatic heterocycles. The molecular formula is C55H40N2. The van der Waals surface area contributed by atoms with E-state index in [4.69, 9.17) is 0 Å². The van der Waals surface area contributed by atoms with E-state index in [-0.39, 0.29) is 5.41 Å². The van der Waals surface area contributed by atoms with Crippen LogP contribution in [0.15, 0.2) is 206 Å². The third-order valence-electron chi connectivity index (χ3n) is 12.2. The van der Waals surface area contributed by atoms with E-state index < -0.39 is 0 Å². The molecule has 9 aromatic carbocycles. The molecule has 0 atom stereocenters. The lowest BCUT2D eigenvalue weighted by Gasteiger charge is -2.27. The molecule has 2 nitrogen and oxygen atoms in total. The highest BCUT2D eigenvalue weighted by molar-refractivity contribution is 6.09. The van der Waals surface area contributed by atoms with Crippen LogP contribution < -0.4 is 4.90 Å². The van der Waals surface area contributed by atoms with Crippen LogP contribution in [-0.4, -0.2) is 4.57 Å². The van der Waals surface area contributed by atoms with Gasteiger partial charge in [0.1, 0.15) is 0 Å². The van der Waals surface area contributed by atoms with Crippen LogP contribution in [0.5, 0.6) is 0 Å². The summed E-state index contributed by atoms with van der Waals surface area (Å²) in [5, 5.41) is 5.07. The highest BCUT2D eigenvalue weighted by atomic mass is 15.1. The fourth-order valence-electron chi connectivity index (χ4n) is 9.37. The standard InChI is InChI=1S/C55H40N2/c1-55(2)51-19-8-5-15-47(51)50-36-44(34-35-52(50)55)56(42-32-26-40(27-33-42)46-18-11-13-39-12-3-4-14-45(39)46)41-28-22-37(23-29-41)38-24-30-43(31-25-38)57-53-20-9-6-16-48(53)49-17-7-10-21-54(49)57/h3-36H,1-2H3. The fraction of sp³-hybridized carbons (Fsp3) is 0.0545. The quantitative estimate of drug-likeness (QED) is 0.165. The van der Waals surface area contributed by atoms with E-state index >= 15 is 0 Å². The summed E-state index contributed by atoms with van der Waals surface area (Å²) in [5.74, 6) is 0. The predicted molar refractivity (Wildman–Crippen MR) is 241 cm³/mol. The minimum absolute atomic E-state index is 0.0475. The van der Waals surface area contributed by atoms with E-state index in [2.05, 4.69) is 230 Å². The van der Waals surface area contributed by atoms with Crippen molar-refractivity contribution in [1.82, 2.24) is 4.57 Å². The van der Waals surface area contributed by atoms with E-state index in [1.165, 1.54) is 77.1 Å². The van der Waals surface area contributed by atoms with Gasteiger partial charge in [-0.2, -0.15) is 0 Å². The normalized spacial score (nSPS) is 12.9. The maximum Gasteiger partial charge on any atom is 0.0541 e. The number of fused-ring (bicyclic) bond motifs is 7. The molecule has 1 heterocycles. The molecule has 2 heteroatoms. The van der Waals surface area contributed by atoms with E-state index in [0.717, 1.165) is 22.7 Å². The molecule has 11 rings (SSSR count). The van der Waals surface area contributed by atoms with Crippen LogP contribution >= 0.6 is 0 Å². The van der Waals surface area contributed by atoms with Gasteiger partial charge in [-0.25, -0.2) is 0 Å². The van der Waals surface area contributed by atoms with Crippen molar-refractivity contribution in [3.63, 3.8) is 0 Å². The molecule has 1 aliphatic rings. The zero-order valence-electron chi connectivity index (χ0n) is 32.0. The van der Waals surface area contributed by atoms with Gasteiger partial charge in [-0.05, 0) is 116 Å². The number of para-hydroxylation sites is 2. The lowest BCUT2D eigenvalue weighted by molar-refractivity contribution is 0.660. The number of benzene rings is 9. The van der Waals surface area contributed by atoms with Crippen molar-refractivity contribution in [2.24, 2.45) is 0 Å². The van der Waals surface area contributed by atoms with Crippen LogP contribution in [0, 0.1) is 0 Å². The molecule has 0 saturated heterocycles. The molecule has 0 amide bonds. The van der Waals surface area contributed by atoms with Crippen molar-refractivity contribution in [3.05, 3.63) is 217 Å². The Morgan fingerprint density at radius 2 is 0.860 bits per heavy atom. The van der Waals surface area contributed by atoms with Gasteiger partial charge in [-0.3, -0.25) is 0 Å². The Morgan fingerprint density at radius 3 is 1.54 bits per heavy atom. The van der Waals surface area contributed by atoms with Crippen molar-refractivity contribution in [3.8, 4) is 39.1 Å². The van der Waals surface area contributed by atoms with Gasteiger partial charge in [0.25, 0.3) is 0 Å². The fourth-order valence-corrected chi connectivity index (χ4v) is 9.37. The smallest absolute Gasteiger partial charge is 0.0541 e. The minimum Gasteiger partial charge on any atom is -0.310 e. The van der Waals surface area contributed by atoms with Gasteiger partial charge >= 0.3 is 0 Å². The Balaban J connectivity index is 0.982. The van der Waals surface area contributed by atoms with Gasteiger partial charge in [0.2, 0.25) is 0 Å². The molecule has 0 spiro atoms. The summed E-state index contributed by atoms with van der Waals surface area (Å²) in [6, 6.07) is 75.6. The molecule has 57 heavy (non-hydrogen) atoms. The molecule has 0 unspecified atom stereocenters. The second-order valence-corrected chi connectivity index (χ2v) is 15.8. The first-order valence-electron chi connectivity index (χ1n) is 19.8. The van der Waals surface area contributed by atoms with Gasteiger partial charge < -0.3 is 9.47 Å². The number of aromatic nitrogens is 1. The van der Waals surface area contributed by atoms with E-state index in [1.807, 2.05) is 0 Å². The maximum atomic E-state index is 2.40. The monoisotopic (exact) mass is 728 g/mol. The summed E-state index contributed by atoms with van der Waals surface area (Å²) >= 11 is 0. The first kappa shape index (κ1) is 33.2. The molecule has 0 aliphatic heterocycles. The van der Waals surface area contributed by atoms with Gasteiger partial charge in [0, 0.05) is 38.9 Å². The molecular weight excluding hydrogens is 689 g/mol. The zero-order chi connectivity index (χ0) is 38.1. The van der Waals surface area contributed by atoms with Crippen molar-refractivity contribution < 1.29 is 0 Å². The third kappa shape index (κ3) is 5.33. The highest BCUT2D eigenvalue weighted by Crippen LogP contribution is 2.50. The van der Waals surface area contributed by atoms with Crippen LogP contribution in [0.2, 0.25) is 0 Å². The first-order valence-corrected chi connectivity index (χ1v) is 19.8. The summed E-state index contributed by atoms with van der Waals surface area (Å²) < 4.78 is 2.37. The number of anilines is 3. The topological polar surface area (TPSA) is 8.17 Å². The zero-order valence-corrected chi connectivity index (χ0v) is 32.0. The van der Waals surface area contributed by atoms with Crippen molar-refractivity contribution >= 4 is 49.6 Å². The third-order valence-corrected chi connectivity index (χ3v) is 12.2. The number of nitrogens with zero attached hydrogens (tertiary/aromatic N) is 2. The molecule has 0 fully saturated rings. The van der Waals surface area contributed by atoms with Crippen LogP contribution in [-0.2, 0) is 5.41 Å². The average Bonchev–Trinajstić information content (AvgIpc) is 3.72. The van der Waals surface area contributed by atoms with Gasteiger partial charge in [0.15, 0.2) is 0 Å². The van der Waals surface area contributed by atoms with Crippen molar-refractivity contribution in [1.29, 1.82) is 0 Å². The summed E-state index contributed by atoms with van der Waals surface area (Å²) in [6.07, 6.45) is 0. The molecule has 270 valence electrons. The second kappa shape index (κ2) is 13.0. The SMILES string of the molecule is CC1(C)c2ccccc2-c2cc(N(c3ccc(-c4ccc(-n5c6ccccc6c6ccccc65)cc4)cc3)c3ccc(-c4cccc5ccccc45)cc3)ccc21. The van der Waals surface area contributed by atoms with Crippen molar-refractivity contribution in [2.75, 3.05) is 4.90 Å². The number of hydrogen-bond donors (Lipinski definition) is 0. The predicted octanol–water partition coefficient (Wildman–Crippen LogP) is 15.0. The van der Waals surface area contributed by atoms with E-state index in [9.17, 15) is 0 Å². The molecule has 10 aromatic rings. The number of rotatable bonds is 6. The summed E-state index contributed by atoms with van der Waals surface area (Å²) in [6.45, 7) is 4.69. The first-order chi connectivity index (χ1) is 28.0. The second-order valence-electron chi connectivity index (χ2n) is 15.8. The maximum absolute atomic E-state index is 2.40. The Labute approximate surface area is 333 Å².